The van der Waals surface area contributed by atoms with Crippen molar-refractivity contribution in [2.24, 2.45) is 5.10 Å². The Morgan fingerprint density at radius 3 is 2.78 bits per heavy atom. The highest BCUT2D eigenvalue weighted by Crippen LogP contribution is 2.28. The molecule has 1 amide bonds. The molecule has 8 heteroatoms. The number of nitro groups is 1. The Balaban J connectivity index is 1.93. The second kappa shape index (κ2) is 9.71. The molecule has 8 nitrogen and oxygen atoms in total. The van der Waals surface area contributed by atoms with Crippen molar-refractivity contribution in [3.05, 3.63) is 76.4 Å². The molecule has 2 rings (SSSR count). The van der Waals surface area contributed by atoms with Crippen LogP contribution in [-0.4, -0.2) is 30.8 Å². The van der Waals surface area contributed by atoms with Crippen LogP contribution in [0, 0.1) is 10.1 Å². The monoisotopic (exact) mass is 369 g/mol. The van der Waals surface area contributed by atoms with E-state index in [2.05, 4.69) is 17.1 Å². The van der Waals surface area contributed by atoms with Crippen molar-refractivity contribution in [1.29, 1.82) is 0 Å². The van der Waals surface area contributed by atoms with Gasteiger partial charge in [0.25, 0.3) is 11.6 Å². The van der Waals surface area contributed by atoms with E-state index in [0.717, 1.165) is 5.56 Å². The number of carbonyl (C=O) groups excluding carboxylic acids is 1. The van der Waals surface area contributed by atoms with Gasteiger partial charge in [0.2, 0.25) is 0 Å². The minimum atomic E-state index is -0.519. The molecule has 0 atom stereocenters. The summed E-state index contributed by atoms with van der Waals surface area (Å²) >= 11 is 0. The highest BCUT2D eigenvalue weighted by molar-refractivity contribution is 5.86. The van der Waals surface area contributed by atoms with Crippen molar-refractivity contribution >= 4 is 17.8 Å². The van der Waals surface area contributed by atoms with E-state index in [1.165, 1.54) is 25.5 Å². The third-order valence-electron chi connectivity index (χ3n) is 3.49. The Hall–Kier alpha value is -3.68. The molecule has 2 aromatic rings. The van der Waals surface area contributed by atoms with Gasteiger partial charge in [0.05, 0.1) is 23.8 Å². The molecular formula is C19H19N3O5. The second-order valence-corrected chi connectivity index (χ2v) is 5.38. The number of benzene rings is 2. The summed E-state index contributed by atoms with van der Waals surface area (Å²) in [5.74, 6) is 0.413. The number of hydrazone groups is 1. The number of ether oxygens (including phenoxy) is 2. The van der Waals surface area contributed by atoms with Gasteiger partial charge in [0.1, 0.15) is 0 Å². The molecule has 0 radical (unpaired) electrons. The molecule has 140 valence electrons. The zero-order valence-corrected chi connectivity index (χ0v) is 14.8. The number of allylic oxidation sites excluding steroid dienone is 1. The second-order valence-electron chi connectivity index (χ2n) is 5.38. The first-order chi connectivity index (χ1) is 13.0. The lowest BCUT2D eigenvalue weighted by molar-refractivity contribution is -0.385. The summed E-state index contributed by atoms with van der Waals surface area (Å²) in [6.07, 6.45) is 3.68. The number of nitrogens with one attached hydrogen (secondary N) is 1. The molecule has 0 bridgehead atoms. The van der Waals surface area contributed by atoms with Crippen molar-refractivity contribution in [3.8, 4) is 11.5 Å². The van der Waals surface area contributed by atoms with Crippen LogP contribution in [0.2, 0.25) is 0 Å². The molecule has 0 saturated carbocycles. The van der Waals surface area contributed by atoms with Gasteiger partial charge >= 0.3 is 0 Å². The summed E-state index contributed by atoms with van der Waals surface area (Å²) in [5.41, 5.74) is 3.45. The number of carbonyl (C=O) groups is 1. The minimum absolute atomic E-state index is 0.101. The molecule has 0 saturated heterocycles. The standard InChI is InChI=1S/C19H19N3O5/c1-3-6-14-9-10-17(18(11-14)26-2)27-13-19(23)21-20-12-15-7-4-5-8-16(15)22(24)25/h3-5,7-12H,1,6,13H2,2H3,(H,21,23)/b20-12+. The number of amides is 1. The van der Waals surface area contributed by atoms with Crippen LogP contribution in [-0.2, 0) is 11.2 Å². The maximum Gasteiger partial charge on any atom is 0.278 e. The number of methoxy groups -OCH3 is 1. The maximum absolute atomic E-state index is 11.9. The summed E-state index contributed by atoms with van der Waals surface area (Å²) < 4.78 is 10.7. The molecule has 27 heavy (non-hydrogen) atoms. The summed E-state index contributed by atoms with van der Waals surface area (Å²) in [6, 6.07) is 11.4. The van der Waals surface area contributed by atoms with Gasteiger partial charge in [-0.25, -0.2) is 5.43 Å². The Morgan fingerprint density at radius 2 is 2.07 bits per heavy atom. The third-order valence-corrected chi connectivity index (χ3v) is 3.49. The molecule has 0 heterocycles. The van der Waals surface area contributed by atoms with Gasteiger partial charge in [0, 0.05) is 6.07 Å². The summed E-state index contributed by atoms with van der Waals surface area (Å²) in [4.78, 5) is 22.3. The van der Waals surface area contributed by atoms with Crippen molar-refractivity contribution in [3.63, 3.8) is 0 Å². The summed E-state index contributed by atoms with van der Waals surface area (Å²) in [6.45, 7) is 3.40. The van der Waals surface area contributed by atoms with Gasteiger partial charge in [-0.05, 0) is 30.2 Å². The number of nitrogens with zero attached hydrogens (tertiary/aromatic N) is 2. The average Bonchev–Trinajstić information content (AvgIpc) is 2.67. The van der Waals surface area contributed by atoms with E-state index < -0.39 is 10.8 Å². The van der Waals surface area contributed by atoms with Crippen molar-refractivity contribution < 1.29 is 19.2 Å². The summed E-state index contributed by atoms with van der Waals surface area (Å²) in [5, 5.41) is 14.6. The average molecular weight is 369 g/mol. The fourth-order valence-electron chi connectivity index (χ4n) is 2.24. The van der Waals surface area contributed by atoms with E-state index in [1.807, 2.05) is 12.1 Å². The predicted molar refractivity (Wildman–Crippen MR) is 101 cm³/mol. The van der Waals surface area contributed by atoms with E-state index in [-0.39, 0.29) is 17.9 Å². The highest BCUT2D eigenvalue weighted by Gasteiger charge is 2.11. The molecule has 0 aliphatic heterocycles. The minimum Gasteiger partial charge on any atom is -0.493 e. The first kappa shape index (κ1) is 19.6. The smallest absolute Gasteiger partial charge is 0.278 e. The van der Waals surface area contributed by atoms with E-state index in [9.17, 15) is 14.9 Å². The van der Waals surface area contributed by atoms with Crippen LogP contribution in [0.25, 0.3) is 0 Å². The number of rotatable bonds is 9. The molecule has 1 N–H and O–H groups in total. The van der Waals surface area contributed by atoms with Crippen LogP contribution >= 0.6 is 0 Å². The lowest BCUT2D eigenvalue weighted by atomic mass is 10.1. The van der Waals surface area contributed by atoms with Crippen LogP contribution in [0.5, 0.6) is 11.5 Å². The van der Waals surface area contributed by atoms with Gasteiger partial charge in [0.15, 0.2) is 18.1 Å². The number of nitro benzene ring substituents is 1. The Kier molecular flexibility index (Phi) is 7.07. The molecule has 0 unspecified atom stereocenters. The van der Waals surface area contributed by atoms with E-state index in [4.69, 9.17) is 9.47 Å². The van der Waals surface area contributed by atoms with Gasteiger partial charge in [-0.15, -0.1) is 6.58 Å². The Morgan fingerprint density at radius 1 is 1.30 bits per heavy atom. The van der Waals surface area contributed by atoms with Crippen molar-refractivity contribution in [2.75, 3.05) is 13.7 Å². The highest BCUT2D eigenvalue weighted by atomic mass is 16.6. The first-order valence-corrected chi connectivity index (χ1v) is 8.01. The van der Waals surface area contributed by atoms with E-state index in [1.54, 1.807) is 24.3 Å². The van der Waals surface area contributed by atoms with Gasteiger partial charge in [-0.1, -0.05) is 24.3 Å². The lowest BCUT2D eigenvalue weighted by Gasteiger charge is -2.11. The van der Waals surface area contributed by atoms with E-state index >= 15 is 0 Å². The molecule has 2 aromatic carbocycles. The number of hydrogen-bond acceptors (Lipinski definition) is 6. The first-order valence-electron chi connectivity index (χ1n) is 8.01. The SMILES string of the molecule is C=CCc1ccc(OCC(=O)N/N=C/c2ccccc2[N+](=O)[O-])c(OC)c1. The number of para-hydroxylation sites is 1. The van der Waals surface area contributed by atoms with Gasteiger partial charge < -0.3 is 9.47 Å². The van der Waals surface area contributed by atoms with Gasteiger partial charge in [-0.3, -0.25) is 14.9 Å². The summed E-state index contributed by atoms with van der Waals surface area (Å²) in [7, 11) is 1.51. The zero-order chi connectivity index (χ0) is 19.6. The van der Waals surface area contributed by atoms with Crippen molar-refractivity contribution in [2.45, 2.75) is 6.42 Å². The van der Waals surface area contributed by atoms with Crippen molar-refractivity contribution in [1.82, 2.24) is 5.43 Å². The van der Waals surface area contributed by atoms with E-state index in [0.29, 0.717) is 17.9 Å². The fourth-order valence-corrected chi connectivity index (χ4v) is 2.24. The van der Waals surface area contributed by atoms with Crippen LogP contribution in [0.4, 0.5) is 5.69 Å². The zero-order valence-electron chi connectivity index (χ0n) is 14.8. The molecular weight excluding hydrogens is 350 g/mol. The number of hydrogen-bond donors (Lipinski definition) is 1. The molecule has 0 aromatic heterocycles. The molecule has 0 aliphatic rings. The lowest BCUT2D eigenvalue weighted by Crippen LogP contribution is -2.24. The van der Waals surface area contributed by atoms with Crippen LogP contribution in [0.1, 0.15) is 11.1 Å². The predicted octanol–water partition coefficient (Wildman–Crippen LogP) is 2.86. The Bertz CT molecular complexity index is 864. The van der Waals surface area contributed by atoms with Crippen LogP contribution in [0.15, 0.2) is 60.2 Å². The van der Waals surface area contributed by atoms with Crippen LogP contribution in [0.3, 0.4) is 0 Å². The maximum atomic E-state index is 11.9. The molecule has 0 aliphatic carbocycles. The molecule has 0 fully saturated rings. The topological polar surface area (TPSA) is 103 Å². The fraction of sp³-hybridized carbons (Fsp3) is 0.158. The van der Waals surface area contributed by atoms with Gasteiger partial charge in [-0.2, -0.15) is 5.10 Å². The molecule has 0 spiro atoms. The normalized spacial score (nSPS) is 10.4. The Labute approximate surface area is 156 Å². The third kappa shape index (κ3) is 5.67. The quantitative estimate of drug-likeness (QED) is 0.317. The van der Waals surface area contributed by atoms with Crippen LogP contribution < -0.4 is 14.9 Å². The largest absolute Gasteiger partial charge is 0.493 e.